The van der Waals surface area contributed by atoms with Crippen LogP contribution in [0.1, 0.15) is 12.6 Å². The second kappa shape index (κ2) is 2.95. The number of hydrogen-bond donors (Lipinski definition) is 1. The molecule has 4 heteroatoms. The van der Waals surface area contributed by atoms with Gasteiger partial charge in [0.1, 0.15) is 5.75 Å². The van der Waals surface area contributed by atoms with Gasteiger partial charge in [-0.1, -0.05) is 0 Å². The van der Waals surface area contributed by atoms with Crippen LogP contribution in [0.2, 0.25) is 0 Å². The van der Waals surface area contributed by atoms with Crippen LogP contribution < -0.4 is 0 Å². The molecule has 2 rings (SSSR count). The standard InChI is InChI=1S/C11H11F2NO/c1-11(12,13)10-6-7-5-8(15)3-4-9(7)14(10)2/h3-6,15H,1-2H3. The zero-order chi connectivity index (χ0) is 11.2. The molecule has 0 amide bonds. The van der Waals surface area contributed by atoms with E-state index in [-0.39, 0.29) is 11.4 Å². The summed E-state index contributed by atoms with van der Waals surface area (Å²) in [5.74, 6) is -2.79. The van der Waals surface area contributed by atoms with Gasteiger partial charge in [0, 0.05) is 24.9 Å². The second-order valence-electron chi connectivity index (χ2n) is 3.72. The van der Waals surface area contributed by atoms with Crippen LogP contribution in [0.15, 0.2) is 24.3 Å². The molecule has 0 radical (unpaired) electrons. The molecule has 15 heavy (non-hydrogen) atoms. The number of hydrogen-bond acceptors (Lipinski definition) is 1. The number of aromatic hydroxyl groups is 1. The highest BCUT2D eigenvalue weighted by atomic mass is 19.3. The highest BCUT2D eigenvalue weighted by molar-refractivity contribution is 5.82. The zero-order valence-corrected chi connectivity index (χ0v) is 8.46. The maximum absolute atomic E-state index is 13.2. The molecule has 0 atom stereocenters. The van der Waals surface area contributed by atoms with Crippen LogP contribution in [0.25, 0.3) is 10.9 Å². The number of fused-ring (bicyclic) bond motifs is 1. The lowest BCUT2D eigenvalue weighted by Crippen LogP contribution is -2.12. The van der Waals surface area contributed by atoms with Gasteiger partial charge in [-0.25, -0.2) is 8.78 Å². The Bertz CT molecular complexity index is 511. The maximum Gasteiger partial charge on any atom is 0.285 e. The van der Waals surface area contributed by atoms with Gasteiger partial charge < -0.3 is 9.67 Å². The molecule has 1 aromatic heterocycles. The summed E-state index contributed by atoms with van der Waals surface area (Å²) in [5.41, 5.74) is 0.632. The minimum atomic E-state index is -2.87. The Balaban J connectivity index is 2.75. The fourth-order valence-corrected chi connectivity index (χ4v) is 1.76. The lowest BCUT2D eigenvalue weighted by molar-refractivity contribution is 0.0103. The molecule has 2 aromatic rings. The van der Waals surface area contributed by atoms with Gasteiger partial charge >= 0.3 is 0 Å². The average molecular weight is 211 g/mol. The van der Waals surface area contributed by atoms with Crippen LogP contribution >= 0.6 is 0 Å². The molecule has 0 aliphatic heterocycles. The Labute approximate surface area is 85.8 Å². The van der Waals surface area contributed by atoms with Crippen molar-refractivity contribution in [2.24, 2.45) is 7.05 Å². The predicted molar refractivity (Wildman–Crippen MR) is 54.2 cm³/mol. The van der Waals surface area contributed by atoms with E-state index in [2.05, 4.69) is 0 Å². The predicted octanol–water partition coefficient (Wildman–Crippen LogP) is 3.00. The Morgan fingerprint density at radius 1 is 1.27 bits per heavy atom. The number of benzene rings is 1. The molecular weight excluding hydrogens is 200 g/mol. The highest BCUT2D eigenvalue weighted by Gasteiger charge is 2.28. The van der Waals surface area contributed by atoms with Crippen LogP contribution in [0, 0.1) is 0 Å². The smallest absolute Gasteiger partial charge is 0.285 e. The molecule has 0 aliphatic carbocycles. The van der Waals surface area contributed by atoms with Gasteiger partial charge in [-0.3, -0.25) is 0 Å². The molecule has 2 nitrogen and oxygen atoms in total. The zero-order valence-electron chi connectivity index (χ0n) is 8.46. The van der Waals surface area contributed by atoms with Gasteiger partial charge in [0.2, 0.25) is 0 Å². The minimum Gasteiger partial charge on any atom is -0.508 e. The summed E-state index contributed by atoms with van der Waals surface area (Å²) in [7, 11) is 1.59. The molecule has 0 spiro atoms. The largest absolute Gasteiger partial charge is 0.508 e. The van der Waals surface area contributed by atoms with Crippen molar-refractivity contribution in [1.82, 2.24) is 4.57 Å². The first-order chi connectivity index (χ1) is 6.89. The first-order valence-corrected chi connectivity index (χ1v) is 4.56. The van der Waals surface area contributed by atoms with Crippen molar-refractivity contribution in [3.8, 4) is 5.75 Å². The van der Waals surface area contributed by atoms with Gasteiger partial charge in [-0.05, 0) is 24.3 Å². The molecule has 0 saturated heterocycles. The lowest BCUT2D eigenvalue weighted by Gasteiger charge is -2.11. The van der Waals surface area contributed by atoms with Crippen LogP contribution in [0.3, 0.4) is 0 Å². The SMILES string of the molecule is Cn1c(C(C)(F)F)cc2cc(O)ccc21. The van der Waals surface area contributed by atoms with Crippen molar-refractivity contribution in [2.75, 3.05) is 0 Å². The monoisotopic (exact) mass is 211 g/mol. The Morgan fingerprint density at radius 2 is 1.93 bits per heavy atom. The summed E-state index contributed by atoms with van der Waals surface area (Å²) in [4.78, 5) is 0. The number of halogens is 2. The number of phenolic OH excluding ortho intramolecular Hbond substituents is 1. The van der Waals surface area contributed by atoms with E-state index < -0.39 is 5.92 Å². The Kier molecular flexibility index (Phi) is 1.96. The quantitative estimate of drug-likeness (QED) is 0.770. The van der Waals surface area contributed by atoms with Crippen molar-refractivity contribution in [3.63, 3.8) is 0 Å². The lowest BCUT2D eigenvalue weighted by atomic mass is 10.2. The van der Waals surface area contributed by atoms with Crippen LogP contribution in [0.5, 0.6) is 5.75 Å². The minimum absolute atomic E-state index is 0.0527. The molecule has 1 aromatic carbocycles. The summed E-state index contributed by atoms with van der Waals surface area (Å²) >= 11 is 0. The molecule has 0 saturated carbocycles. The van der Waals surface area contributed by atoms with E-state index in [1.165, 1.54) is 22.8 Å². The van der Waals surface area contributed by atoms with E-state index in [4.69, 9.17) is 0 Å². The number of phenols is 1. The summed E-state index contributed by atoms with van der Waals surface area (Å²) in [6.07, 6.45) is 0. The fraction of sp³-hybridized carbons (Fsp3) is 0.273. The van der Waals surface area contributed by atoms with Crippen molar-refractivity contribution in [1.29, 1.82) is 0 Å². The van der Waals surface area contributed by atoms with E-state index in [9.17, 15) is 13.9 Å². The molecule has 1 N–H and O–H groups in total. The Morgan fingerprint density at radius 3 is 2.53 bits per heavy atom. The summed E-state index contributed by atoms with van der Waals surface area (Å²) < 4.78 is 27.8. The summed E-state index contributed by atoms with van der Waals surface area (Å²) in [5, 5.41) is 9.86. The normalized spacial score (nSPS) is 12.3. The third kappa shape index (κ3) is 1.56. The Hall–Kier alpha value is -1.58. The van der Waals surface area contributed by atoms with Crippen molar-refractivity contribution >= 4 is 10.9 Å². The van der Waals surface area contributed by atoms with Gasteiger partial charge in [0.05, 0.1) is 5.69 Å². The van der Waals surface area contributed by atoms with Gasteiger partial charge in [-0.2, -0.15) is 0 Å². The van der Waals surface area contributed by atoms with Crippen molar-refractivity contribution in [3.05, 3.63) is 30.0 Å². The number of rotatable bonds is 1. The van der Waals surface area contributed by atoms with E-state index in [1.54, 1.807) is 13.1 Å². The first-order valence-electron chi connectivity index (χ1n) is 4.56. The fourth-order valence-electron chi connectivity index (χ4n) is 1.76. The summed E-state index contributed by atoms with van der Waals surface area (Å²) in [6, 6.07) is 5.99. The third-order valence-corrected chi connectivity index (χ3v) is 2.48. The average Bonchev–Trinajstić information content (AvgIpc) is 2.42. The van der Waals surface area contributed by atoms with Crippen LogP contribution in [-0.4, -0.2) is 9.67 Å². The molecule has 0 fully saturated rings. The van der Waals surface area contributed by atoms with Gasteiger partial charge in [-0.15, -0.1) is 0 Å². The topological polar surface area (TPSA) is 25.2 Å². The number of aryl methyl sites for hydroxylation is 1. The van der Waals surface area contributed by atoms with Crippen molar-refractivity contribution < 1.29 is 13.9 Å². The summed E-state index contributed by atoms with van der Waals surface area (Å²) in [6.45, 7) is 0.862. The van der Waals surface area contributed by atoms with Crippen molar-refractivity contribution in [2.45, 2.75) is 12.8 Å². The van der Waals surface area contributed by atoms with Gasteiger partial charge in [0.25, 0.3) is 5.92 Å². The van der Waals surface area contributed by atoms with E-state index in [0.717, 1.165) is 6.92 Å². The van der Waals surface area contributed by atoms with Gasteiger partial charge in [0.15, 0.2) is 0 Å². The molecule has 80 valence electrons. The molecular formula is C11H11F2NO. The van der Waals surface area contributed by atoms with E-state index in [0.29, 0.717) is 10.9 Å². The number of aromatic nitrogens is 1. The van der Waals surface area contributed by atoms with Crippen LogP contribution in [-0.2, 0) is 13.0 Å². The van der Waals surface area contributed by atoms with E-state index >= 15 is 0 Å². The number of nitrogens with zero attached hydrogens (tertiary/aromatic N) is 1. The maximum atomic E-state index is 13.2. The first kappa shape index (κ1) is 9.96. The van der Waals surface area contributed by atoms with E-state index in [1.807, 2.05) is 0 Å². The highest BCUT2D eigenvalue weighted by Crippen LogP contribution is 2.32. The molecule has 0 unspecified atom stereocenters. The third-order valence-electron chi connectivity index (χ3n) is 2.48. The number of alkyl halides is 2. The molecule has 0 aliphatic rings. The van der Waals surface area contributed by atoms with Crippen LogP contribution in [0.4, 0.5) is 8.78 Å². The molecule has 0 bridgehead atoms. The molecule has 1 heterocycles. The second-order valence-corrected chi connectivity index (χ2v) is 3.72.